The number of hydrogen-bond acceptors (Lipinski definition) is 2. The van der Waals surface area contributed by atoms with Gasteiger partial charge in [-0.05, 0) is 98.4 Å². The average Bonchev–Trinajstić information content (AvgIpc) is 2.91. The molecule has 0 spiro atoms. The van der Waals surface area contributed by atoms with E-state index in [0.29, 0.717) is 0 Å². The first-order valence-electron chi connectivity index (χ1n) is 13.9. The molecule has 3 heteroatoms. The second-order valence-corrected chi connectivity index (χ2v) is 14.1. The maximum Gasteiger partial charge on any atom is 0.262 e. The van der Waals surface area contributed by atoms with Gasteiger partial charge in [0, 0.05) is 17.6 Å². The predicted molar refractivity (Wildman–Crippen MR) is 177 cm³/mol. The van der Waals surface area contributed by atoms with E-state index in [1.807, 2.05) is 30.5 Å². The van der Waals surface area contributed by atoms with Crippen molar-refractivity contribution in [3.63, 3.8) is 0 Å². The second kappa shape index (κ2) is 12.7. The smallest absolute Gasteiger partial charge is 0.219 e. The summed E-state index contributed by atoms with van der Waals surface area (Å²) in [6.45, 7) is 22.5. The van der Waals surface area contributed by atoms with Crippen molar-refractivity contribution in [2.24, 2.45) is 0 Å². The molecule has 0 N–H and O–H groups in total. The third kappa shape index (κ3) is 6.58. The van der Waals surface area contributed by atoms with E-state index in [1.54, 1.807) is 0 Å². The number of rotatable bonds is 12. The summed E-state index contributed by atoms with van der Waals surface area (Å²) in [7, 11) is -2.73. The highest BCUT2D eigenvalue weighted by molar-refractivity contribution is 7.91. The van der Waals surface area contributed by atoms with E-state index < -0.39 is 13.1 Å². The molecule has 204 valence electrons. The van der Waals surface area contributed by atoms with Gasteiger partial charge in [0.05, 0.1) is 0 Å². The van der Waals surface area contributed by atoms with E-state index in [-0.39, 0.29) is 0 Å². The van der Waals surface area contributed by atoms with Crippen molar-refractivity contribution in [1.82, 2.24) is 4.98 Å². The minimum Gasteiger partial charge on any atom is -0.219 e. The molecular formula is C37H41NOP+. The van der Waals surface area contributed by atoms with Crippen molar-refractivity contribution >= 4 is 34.3 Å². The lowest BCUT2D eigenvalue weighted by Gasteiger charge is -2.32. The van der Waals surface area contributed by atoms with Crippen LogP contribution in [0.3, 0.4) is 0 Å². The molecule has 0 bridgehead atoms. The molecule has 0 aliphatic rings. The molecule has 1 aromatic heterocycles. The van der Waals surface area contributed by atoms with Crippen LogP contribution in [0.5, 0.6) is 0 Å². The number of pyridine rings is 1. The van der Waals surface area contributed by atoms with Crippen LogP contribution in [-0.2, 0) is 30.2 Å². The molecule has 0 radical (unpaired) electrons. The van der Waals surface area contributed by atoms with Crippen LogP contribution in [0.4, 0.5) is 0 Å². The van der Waals surface area contributed by atoms with Gasteiger partial charge in [0.2, 0.25) is 5.44 Å². The molecule has 4 aromatic rings. The predicted octanol–water partition coefficient (Wildman–Crippen LogP) is 8.17. The minimum atomic E-state index is -2.73. The SMILES string of the molecule is C=CCc1cc(CC=C)cc([P+](OC(C)(C)C)(c2cc(CC=C)cc(CC=C)c2)c2cc3ccccc3cn2)c1. The van der Waals surface area contributed by atoms with E-state index in [9.17, 15) is 0 Å². The van der Waals surface area contributed by atoms with E-state index in [0.717, 1.165) is 52.5 Å². The van der Waals surface area contributed by atoms with Gasteiger partial charge in [0.1, 0.15) is 16.2 Å². The minimum absolute atomic E-state index is 0.443. The molecule has 0 amide bonds. The van der Waals surface area contributed by atoms with Gasteiger partial charge in [-0.2, -0.15) is 0 Å². The molecule has 0 fully saturated rings. The molecule has 3 aromatic carbocycles. The Morgan fingerprint density at radius 1 is 0.650 bits per heavy atom. The summed E-state index contributed by atoms with van der Waals surface area (Å²) in [6, 6.07) is 24.3. The van der Waals surface area contributed by atoms with Gasteiger partial charge < -0.3 is 0 Å². The van der Waals surface area contributed by atoms with Crippen LogP contribution in [0, 0.1) is 0 Å². The molecule has 0 saturated heterocycles. The highest BCUT2D eigenvalue weighted by Crippen LogP contribution is 2.59. The molecule has 40 heavy (non-hydrogen) atoms. The summed E-state index contributed by atoms with van der Waals surface area (Å²) in [5, 5.41) is 4.57. The lowest BCUT2D eigenvalue weighted by atomic mass is 10.1. The van der Waals surface area contributed by atoms with Gasteiger partial charge in [-0.25, -0.2) is 9.51 Å². The molecule has 0 unspecified atom stereocenters. The lowest BCUT2D eigenvalue weighted by molar-refractivity contribution is 0.151. The summed E-state index contributed by atoms with van der Waals surface area (Å²) < 4.78 is 7.41. The molecule has 4 rings (SSSR count). The zero-order valence-corrected chi connectivity index (χ0v) is 25.1. The molecular weight excluding hydrogens is 505 g/mol. The highest BCUT2D eigenvalue weighted by atomic mass is 31.2. The van der Waals surface area contributed by atoms with E-state index in [4.69, 9.17) is 9.51 Å². The fraction of sp³-hybridized carbons (Fsp3) is 0.216. The van der Waals surface area contributed by atoms with Gasteiger partial charge in [-0.1, -0.05) is 60.7 Å². The van der Waals surface area contributed by atoms with Crippen LogP contribution < -0.4 is 16.0 Å². The number of benzene rings is 3. The lowest BCUT2D eigenvalue weighted by Crippen LogP contribution is -2.39. The zero-order valence-electron chi connectivity index (χ0n) is 24.2. The molecule has 0 aliphatic heterocycles. The first kappa shape index (κ1) is 29.4. The van der Waals surface area contributed by atoms with Gasteiger partial charge in [-0.15, -0.1) is 26.3 Å². The van der Waals surface area contributed by atoms with Crippen molar-refractivity contribution < 1.29 is 4.52 Å². The number of nitrogens with zero attached hydrogens (tertiary/aromatic N) is 1. The Morgan fingerprint density at radius 2 is 1.07 bits per heavy atom. The Labute approximate surface area is 241 Å². The fourth-order valence-electron chi connectivity index (χ4n) is 5.21. The van der Waals surface area contributed by atoms with Crippen LogP contribution >= 0.6 is 7.49 Å². The van der Waals surface area contributed by atoms with Gasteiger partial charge in [0.25, 0.3) is 7.49 Å². The van der Waals surface area contributed by atoms with Crippen LogP contribution in [-0.4, -0.2) is 10.6 Å². The van der Waals surface area contributed by atoms with Crippen molar-refractivity contribution in [2.75, 3.05) is 0 Å². The Morgan fingerprint density at radius 3 is 1.48 bits per heavy atom. The van der Waals surface area contributed by atoms with Crippen LogP contribution in [0.1, 0.15) is 43.0 Å². The fourth-order valence-corrected chi connectivity index (χ4v) is 9.09. The molecule has 0 aliphatic carbocycles. The van der Waals surface area contributed by atoms with Crippen molar-refractivity contribution in [1.29, 1.82) is 0 Å². The van der Waals surface area contributed by atoms with Crippen molar-refractivity contribution in [2.45, 2.75) is 52.1 Å². The number of fused-ring (bicyclic) bond motifs is 1. The van der Waals surface area contributed by atoms with Crippen LogP contribution in [0.25, 0.3) is 10.8 Å². The van der Waals surface area contributed by atoms with E-state index >= 15 is 0 Å². The molecule has 0 saturated carbocycles. The number of hydrogen-bond donors (Lipinski definition) is 0. The number of allylic oxidation sites excluding steroid dienone is 4. The van der Waals surface area contributed by atoms with Crippen LogP contribution in [0.2, 0.25) is 0 Å². The summed E-state index contributed by atoms with van der Waals surface area (Å²) in [6.07, 6.45) is 12.9. The summed E-state index contributed by atoms with van der Waals surface area (Å²) in [5.74, 6) is 0. The second-order valence-electron chi connectivity index (χ2n) is 11.2. The summed E-state index contributed by atoms with van der Waals surface area (Å²) in [5.41, 5.74) is 5.35. The average molecular weight is 547 g/mol. The zero-order chi connectivity index (χ0) is 28.8. The van der Waals surface area contributed by atoms with E-state index in [1.165, 1.54) is 22.3 Å². The quantitative estimate of drug-likeness (QED) is 0.132. The molecule has 1 heterocycles. The monoisotopic (exact) mass is 546 g/mol. The molecule has 2 nitrogen and oxygen atoms in total. The van der Waals surface area contributed by atoms with Gasteiger partial charge >= 0.3 is 0 Å². The Hall–Kier alpha value is -3.58. The normalized spacial score (nSPS) is 11.8. The highest BCUT2D eigenvalue weighted by Gasteiger charge is 2.53. The first-order chi connectivity index (χ1) is 19.2. The Balaban J connectivity index is 2.18. The summed E-state index contributed by atoms with van der Waals surface area (Å²) in [4.78, 5) is 5.16. The standard InChI is InChI=1S/C37H41NOP/c1-8-14-28-20-29(15-9-2)23-34(22-28)40(39-37(5,6)7,36-26-32-18-12-13-19-33(32)27-38-36)35-24-30(16-10-3)21-31(25-35)17-11-4/h8-13,18-27H,1-4,14-17H2,5-7H3/q+1. The topological polar surface area (TPSA) is 22.1 Å². The van der Waals surface area contributed by atoms with Crippen molar-refractivity contribution in [3.8, 4) is 0 Å². The third-order valence-corrected chi connectivity index (χ3v) is 10.4. The van der Waals surface area contributed by atoms with Gasteiger partial charge in [0.15, 0.2) is 0 Å². The van der Waals surface area contributed by atoms with E-state index in [2.05, 4.69) is 114 Å². The Kier molecular flexibility index (Phi) is 9.36. The Bertz CT molecular complexity index is 1420. The van der Waals surface area contributed by atoms with Crippen molar-refractivity contribution in [3.05, 3.63) is 146 Å². The summed E-state index contributed by atoms with van der Waals surface area (Å²) >= 11 is 0. The van der Waals surface area contributed by atoms with Crippen LogP contribution in [0.15, 0.2) is 124 Å². The molecule has 0 atom stereocenters. The first-order valence-corrected chi connectivity index (χ1v) is 15.6. The number of aromatic nitrogens is 1. The maximum atomic E-state index is 7.41. The third-order valence-electron chi connectivity index (χ3n) is 6.67. The maximum absolute atomic E-state index is 7.41. The largest absolute Gasteiger partial charge is 0.262 e. The van der Waals surface area contributed by atoms with Gasteiger partial charge in [-0.3, -0.25) is 0 Å².